The van der Waals surface area contributed by atoms with Crippen molar-refractivity contribution in [1.82, 2.24) is 4.90 Å². The molecule has 5 heteroatoms. The first-order chi connectivity index (χ1) is 9.54. The Morgan fingerprint density at radius 2 is 1.95 bits per heavy atom. The van der Waals surface area contributed by atoms with Gasteiger partial charge in [-0.3, -0.25) is 4.79 Å². The zero-order valence-corrected chi connectivity index (χ0v) is 11.8. The number of ether oxygens (including phenoxy) is 1. The van der Waals surface area contributed by atoms with Gasteiger partial charge < -0.3 is 20.5 Å². The van der Waals surface area contributed by atoms with E-state index in [1.165, 1.54) is 0 Å². The first-order valence-corrected chi connectivity index (χ1v) is 6.99. The van der Waals surface area contributed by atoms with E-state index in [9.17, 15) is 9.90 Å². The number of amides is 1. The maximum atomic E-state index is 12.3. The molecule has 1 aliphatic rings. The summed E-state index contributed by atoms with van der Waals surface area (Å²) >= 11 is 0. The molecule has 20 heavy (non-hydrogen) atoms. The number of nitrogens with two attached hydrogens (primary N) is 1. The Morgan fingerprint density at radius 3 is 2.50 bits per heavy atom. The molecule has 0 saturated carbocycles. The van der Waals surface area contributed by atoms with Crippen LogP contribution in [0.3, 0.4) is 0 Å². The summed E-state index contributed by atoms with van der Waals surface area (Å²) < 4.78 is 5.30. The molecule has 5 nitrogen and oxygen atoms in total. The Balaban J connectivity index is 1.93. The number of nitrogens with zero attached hydrogens (tertiary/aromatic N) is 1. The van der Waals surface area contributed by atoms with Crippen LogP contribution in [0, 0.1) is 0 Å². The van der Waals surface area contributed by atoms with Crippen molar-refractivity contribution in [3.8, 4) is 0 Å². The third-order valence-electron chi connectivity index (χ3n) is 3.71. The second-order valence-corrected chi connectivity index (χ2v) is 5.28. The molecule has 0 aromatic heterocycles. The number of likely N-dealkylation sites (tertiary alicyclic amines) is 1. The third-order valence-corrected chi connectivity index (χ3v) is 3.71. The molecule has 3 N–H and O–H groups in total. The number of piperidine rings is 1. The molecule has 1 aromatic rings. The van der Waals surface area contributed by atoms with Crippen molar-refractivity contribution in [2.45, 2.75) is 25.4 Å². The maximum Gasteiger partial charge on any atom is 0.253 e. The second kappa shape index (κ2) is 6.24. The minimum Gasteiger partial charge on any atom is -0.399 e. The lowest BCUT2D eigenvalue weighted by Crippen LogP contribution is -2.49. The van der Waals surface area contributed by atoms with E-state index in [2.05, 4.69) is 0 Å². The van der Waals surface area contributed by atoms with Crippen molar-refractivity contribution in [2.75, 3.05) is 32.0 Å². The third kappa shape index (κ3) is 3.49. The van der Waals surface area contributed by atoms with Gasteiger partial charge in [-0.1, -0.05) is 0 Å². The van der Waals surface area contributed by atoms with E-state index in [1.807, 2.05) is 6.92 Å². The molecule has 0 aliphatic carbocycles. The lowest BCUT2D eigenvalue weighted by Gasteiger charge is -2.38. The van der Waals surface area contributed by atoms with Gasteiger partial charge in [-0.05, 0) is 44.0 Å². The number of hydrogen-bond acceptors (Lipinski definition) is 4. The Hall–Kier alpha value is -1.59. The summed E-state index contributed by atoms with van der Waals surface area (Å²) in [4.78, 5) is 14.1. The summed E-state index contributed by atoms with van der Waals surface area (Å²) in [5.41, 5.74) is 6.10. The SMILES string of the molecule is CCOCC1(O)CCN(C(=O)c2ccc(N)cc2)CC1. The summed E-state index contributed by atoms with van der Waals surface area (Å²) in [6, 6.07) is 6.92. The summed E-state index contributed by atoms with van der Waals surface area (Å²) in [5, 5.41) is 10.3. The molecule has 1 aliphatic heterocycles. The highest BCUT2D eigenvalue weighted by Gasteiger charge is 2.34. The summed E-state index contributed by atoms with van der Waals surface area (Å²) in [5.74, 6) is -0.0107. The van der Waals surface area contributed by atoms with Crippen LogP contribution in [0.4, 0.5) is 5.69 Å². The minimum absolute atomic E-state index is 0.0107. The Kier molecular flexibility index (Phi) is 4.62. The average molecular weight is 278 g/mol. The van der Waals surface area contributed by atoms with Crippen LogP contribution in [0.25, 0.3) is 0 Å². The zero-order valence-electron chi connectivity index (χ0n) is 11.8. The summed E-state index contributed by atoms with van der Waals surface area (Å²) in [7, 11) is 0. The van der Waals surface area contributed by atoms with Gasteiger partial charge in [-0.25, -0.2) is 0 Å². The van der Waals surface area contributed by atoms with Gasteiger partial charge in [-0.2, -0.15) is 0 Å². The number of benzene rings is 1. The predicted octanol–water partition coefficient (Wildman–Crippen LogP) is 1.27. The van der Waals surface area contributed by atoms with Crippen molar-refractivity contribution in [3.63, 3.8) is 0 Å². The number of rotatable bonds is 4. The second-order valence-electron chi connectivity index (χ2n) is 5.28. The van der Waals surface area contributed by atoms with Gasteiger partial charge in [0.2, 0.25) is 0 Å². The van der Waals surface area contributed by atoms with Crippen molar-refractivity contribution in [1.29, 1.82) is 0 Å². The largest absolute Gasteiger partial charge is 0.399 e. The number of aliphatic hydroxyl groups is 1. The maximum absolute atomic E-state index is 12.3. The number of carbonyl (C=O) groups excluding carboxylic acids is 1. The number of carbonyl (C=O) groups is 1. The minimum atomic E-state index is -0.798. The van der Waals surface area contributed by atoms with E-state index < -0.39 is 5.60 Å². The molecule has 0 spiro atoms. The molecule has 1 fully saturated rings. The van der Waals surface area contributed by atoms with Gasteiger partial charge in [-0.15, -0.1) is 0 Å². The van der Waals surface area contributed by atoms with Crippen molar-refractivity contribution in [3.05, 3.63) is 29.8 Å². The molecular formula is C15H22N2O3. The lowest BCUT2D eigenvalue weighted by molar-refractivity contribution is -0.0751. The van der Waals surface area contributed by atoms with Gasteiger partial charge in [0.05, 0.1) is 12.2 Å². The molecule has 0 radical (unpaired) electrons. The normalized spacial score (nSPS) is 18.0. The quantitative estimate of drug-likeness (QED) is 0.813. The monoisotopic (exact) mass is 278 g/mol. The van der Waals surface area contributed by atoms with Crippen LogP contribution in [0.1, 0.15) is 30.1 Å². The van der Waals surface area contributed by atoms with Crippen LogP contribution in [0.15, 0.2) is 24.3 Å². The topological polar surface area (TPSA) is 75.8 Å². The van der Waals surface area contributed by atoms with Crippen LogP contribution in [0.2, 0.25) is 0 Å². The van der Waals surface area contributed by atoms with Gasteiger partial charge in [0.1, 0.15) is 0 Å². The van der Waals surface area contributed by atoms with Crippen LogP contribution < -0.4 is 5.73 Å². The lowest BCUT2D eigenvalue weighted by atomic mass is 9.92. The van der Waals surface area contributed by atoms with E-state index in [-0.39, 0.29) is 5.91 Å². The predicted molar refractivity (Wildman–Crippen MR) is 77.4 cm³/mol. The zero-order chi connectivity index (χ0) is 14.6. The van der Waals surface area contributed by atoms with Crippen molar-refractivity contribution < 1.29 is 14.6 Å². The first kappa shape index (κ1) is 14.8. The van der Waals surface area contributed by atoms with E-state index in [1.54, 1.807) is 29.2 Å². The van der Waals surface area contributed by atoms with Crippen LogP contribution in [-0.4, -0.2) is 47.8 Å². The summed E-state index contributed by atoms with van der Waals surface area (Å²) in [6.45, 7) is 3.94. The van der Waals surface area contributed by atoms with Crippen molar-refractivity contribution in [2.24, 2.45) is 0 Å². The molecule has 0 bridgehead atoms. The molecule has 0 atom stereocenters. The molecule has 0 unspecified atom stereocenters. The number of hydrogen-bond donors (Lipinski definition) is 2. The number of anilines is 1. The smallest absolute Gasteiger partial charge is 0.253 e. The fourth-order valence-corrected chi connectivity index (χ4v) is 2.37. The standard InChI is InChI=1S/C15H22N2O3/c1-2-20-11-15(19)7-9-17(10-8-15)14(18)12-3-5-13(16)6-4-12/h3-6,19H,2,7-11,16H2,1H3. The van der Waals surface area contributed by atoms with Crippen LogP contribution >= 0.6 is 0 Å². The molecule has 110 valence electrons. The van der Waals surface area contributed by atoms with E-state index in [0.717, 1.165) is 0 Å². The Bertz CT molecular complexity index is 451. The van der Waals surface area contributed by atoms with Crippen LogP contribution in [0.5, 0.6) is 0 Å². The fourth-order valence-electron chi connectivity index (χ4n) is 2.37. The van der Waals surface area contributed by atoms with Gasteiger partial charge in [0.15, 0.2) is 0 Å². The highest BCUT2D eigenvalue weighted by atomic mass is 16.5. The van der Waals surface area contributed by atoms with E-state index in [4.69, 9.17) is 10.5 Å². The van der Waals surface area contributed by atoms with Gasteiger partial charge in [0, 0.05) is 30.9 Å². The fraction of sp³-hybridized carbons (Fsp3) is 0.533. The Labute approximate surface area is 119 Å². The highest BCUT2D eigenvalue weighted by Crippen LogP contribution is 2.24. The Morgan fingerprint density at radius 1 is 1.35 bits per heavy atom. The molecule has 1 aromatic carbocycles. The molecular weight excluding hydrogens is 256 g/mol. The van der Waals surface area contributed by atoms with Gasteiger partial charge >= 0.3 is 0 Å². The van der Waals surface area contributed by atoms with E-state index >= 15 is 0 Å². The summed E-state index contributed by atoms with van der Waals surface area (Å²) in [6.07, 6.45) is 1.10. The van der Waals surface area contributed by atoms with Crippen molar-refractivity contribution >= 4 is 11.6 Å². The highest BCUT2D eigenvalue weighted by molar-refractivity contribution is 5.94. The average Bonchev–Trinajstić information content (AvgIpc) is 2.46. The molecule has 1 saturated heterocycles. The van der Waals surface area contributed by atoms with Gasteiger partial charge in [0.25, 0.3) is 5.91 Å². The first-order valence-electron chi connectivity index (χ1n) is 6.99. The molecule has 1 heterocycles. The molecule has 1 amide bonds. The van der Waals surface area contributed by atoms with E-state index in [0.29, 0.717) is 50.4 Å². The number of nitrogen functional groups attached to an aromatic ring is 1. The van der Waals surface area contributed by atoms with Crippen LogP contribution in [-0.2, 0) is 4.74 Å². The molecule has 2 rings (SSSR count).